The maximum atomic E-state index is 13.0. The van der Waals surface area contributed by atoms with E-state index in [2.05, 4.69) is 49.2 Å². The Morgan fingerprint density at radius 3 is 2.59 bits per heavy atom. The van der Waals surface area contributed by atoms with Gasteiger partial charge in [0, 0.05) is 23.6 Å². The molecule has 2 atom stereocenters. The zero-order valence-electron chi connectivity index (χ0n) is 17.3. The number of ether oxygens (including phenoxy) is 2. The molecule has 2 aliphatic heterocycles. The molecule has 5 rings (SSSR count). The van der Waals surface area contributed by atoms with Crippen LogP contribution in [0, 0.1) is 5.92 Å². The van der Waals surface area contributed by atoms with Gasteiger partial charge in [-0.05, 0) is 55.2 Å². The summed E-state index contributed by atoms with van der Waals surface area (Å²) in [5, 5.41) is 4.26. The van der Waals surface area contributed by atoms with Gasteiger partial charge < -0.3 is 9.47 Å². The van der Waals surface area contributed by atoms with Crippen molar-refractivity contribution in [1.82, 2.24) is 10.0 Å². The van der Waals surface area contributed by atoms with E-state index in [0.717, 1.165) is 17.7 Å². The first kappa shape index (κ1) is 18.3. The van der Waals surface area contributed by atoms with Crippen LogP contribution in [0.1, 0.15) is 43.0 Å². The van der Waals surface area contributed by atoms with Gasteiger partial charge in [0.2, 0.25) is 5.91 Å². The van der Waals surface area contributed by atoms with Crippen LogP contribution >= 0.6 is 0 Å². The molecule has 2 heterocycles. The van der Waals surface area contributed by atoms with Crippen LogP contribution in [0.5, 0.6) is 11.5 Å². The highest BCUT2D eigenvalue weighted by atomic mass is 16.5. The summed E-state index contributed by atoms with van der Waals surface area (Å²) in [7, 11) is 3.28. The van der Waals surface area contributed by atoms with E-state index >= 15 is 0 Å². The molecule has 5 heteroatoms. The van der Waals surface area contributed by atoms with Crippen LogP contribution < -0.4 is 9.47 Å². The standard InChI is InChI=1S/C24H26N2O3/c1-24(2)14-22(27)25-19(11-15-9-10-20(28-3)21(12-15)29-4)18-13-16-7-5-6-8-17(16)23(18)26(24)25/h5-12,18,23H,13-14H2,1-4H3/b19-11+. The van der Waals surface area contributed by atoms with E-state index in [4.69, 9.17) is 9.47 Å². The van der Waals surface area contributed by atoms with Crippen molar-refractivity contribution in [2.45, 2.75) is 38.3 Å². The molecule has 5 nitrogen and oxygen atoms in total. The third-order valence-electron chi connectivity index (χ3n) is 6.46. The zero-order valence-corrected chi connectivity index (χ0v) is 17.3. The lowest BCUT2D eigenvalue weighted by molar-refractivity contribution is -0.134. The minimum absolute atomic E-state index is 0.175. The molecule has 0 bridgehead atoms. The van der Waals surface area contributed by atoms with Gasteiger partial charge in [0.15, 0.2) is 11.5 Å². The van der Waals surface area contributed by atoms with Crippen LogP contribution in [0.25, 0.3) is 6.08 Å². The van der Waals surface area contributed by atoms with Gasteiger partial charge >= 0.3 is 0 Å². The van der Waals surface area contributed by atoms with Crippen LogP contribution in [0.4, 0.5) is 0 Å². The normalized spacial score (nSPS) is 25.9. The van der Waals surface area contributed by atoms with Gasteiger partial charge in [0.1, 0.15) is 0 Å². The number of hydrogen-bond donors (Lipinski definition) is 0. The van der Waals surface area contributed by atoms with E-state index < -0.39 is 0 Å². The first-order valence-corrected chi connectivity index (χ1v) is 10.1. The summed E-state index contributed by atoms with van der Waals surface area (Å²) in [6.45, 7) is 4.34. The van der Waals surface area contributed by atoms with E-state index in [9.17, 15) is 4.79 Å². The number of hydrazine groups is 1. The molecular weight excluding hydrogens is 364 g/mol. The van der Waals surface area contributed by atoms with Crippen LogP contribution in [0.2, 0.25) is 0 Å². The molecule has 1 aliphatic carbocycles. The molecule has 29 heavy (non-hydrogen) atoms. The average Bonchev–Trinajstić information content (AvgIpc) is 3.30. The van der Waals surface area contributed by atoms with E-state index in [0.29, 0.717) is 17.9 Å². The average molecular weight is 390 g/mol. The Kier molecular flexibility index (Phi) is 4.00. The number of benzene rings is 2. The Morgan fingerprint density at radius 2 is 1.83 bits per heavy atom. The molecule has 150 valence electrons. The number of nitrogens with zero attached hydrogens (tertiary/aromatic N) is 2. The summed E-state index contributed by atoms with van der Waals surface area (Å²) >= 11 is 0. The van der Waals surface area contributed by atoms with E-state index in [1.807, 2.05) is 23.2 Å². The highest BCUT2D eigenvalue weighted by Crippen LogP contribution is 2.57. The van der Waals surface area contributed by atoms with Gasteiger partial charge in [-0.15, -0.1) is 0 Å². The number of carbonyl (C=O) groups is 1. The van der Waals surface area contributed by atoms with E-state index in [-0.39, 0.29) is 23.4 Å². The van der Waals surface area contributed by atoms with Gasteiger partial charge in [0.05, 0.1) is 20.3 Å². The lowest BCUT2D eigenvalue weighted by atomic mass is 9.92. The molecule has 0 spiro atoms. The lowest BCUT2D eigenvalue weighted by Crippen LogP contribution is -2.43. The van der Waals surface area contributed by atoms with Gasteiger partial charge in [0.25, 0.3) is 0 Å². The van der Waals surface area contributed by atoms with Crippen molar-refractivity contribution in [1.29, 1.82) is 0 Å². The predicted octanol–water partition coefficient (Wildman–Crippen LogP) is 4.20. The van der Waals surface area contributed by atoms with Gasteiger partial charge in [-0.25, -0.2) is 5.01 Å². The largest absolute Gasteiger partial charge is 0.493 e. The van der Waals surface area contributed by atoms with Gasteiger partial charge in [-0.3, -0.25) is 4.79 Å². The Hall–Kier alpha value is -2.79. The fraction of sp³-hybridized carbons (Fsp3) is 0.375. The number of amides is 1. The number of carbonyl (C=O) groups excluding carboxylic acids is 1. The smallest absolute Gasteiger partial charge is 0.243 e. The Morgan fingerprint density at radius 1 is 1.07 bits per heavy atom. The molecule has 2 aromatic rings. The van der Waals surface area contributed by atoms with Crippen molar-refractivity contribution < 1.29 is 14.3 Å². The molecule has 2 saturated heterocycles. The van der Waals surface area contributed by atoms with E-state index in [1.54, 1.807) is 14.2 Å². The molecule has 0 radical (unpaired) electrons. The molecule has 2 fully saturated rings. The highest BCUT2D eigenvalue weighted by Gasteiger charge is 2.59. The monoisotopic (exact) mass is 390 g/mol. The number of methoxy groups -OCH3 is 2. The van der Waals surface area contributed by atoms with Crippen LogP contribution in [0.15, 0.2) is 48.2 Å². The first-order valence-electron chi connectivity index (χ1n) is 10.1. The minimum atomic E-state index is -0.204. The number of rotatable bonds is 3. The Bertz CT molecular complexity index is 1030. The zero-order chi connectivity index (χ0) is 20.3. The minimum Gasteiger partial charge on any atom is -0.493 e. The number of fused-ring (bicyclic) bond motifs is 5. The van der Waals surface area contributed by atoms with Crippen molar-refractivity contribution in [2.75, 3.05) is 14.2 Å². The Labute approximate surface area is 171 Å². The SMILES string of the molecule is COc1ccc(/C=C2\C3Cc4ccccc4C3N3N2C(=O)CC3(C)C)cc1OC. The maximum absolute atomic E-state index is 13.0. The molecule has 3 aliphatic rings. The second-order valence-electron chi connectivity index (χ2n) is 8.68. The lowest BCUT2D eigenvalue weighted by Gasteiger charge is -2.35. The third kappa shape index (κ3) is 2.60. The Balaban J connectivity index is 1.64. The summed E-state index contributed by atoms with van der Waals surface area (Å²) in [4.78, 5) is 13.0. The molecule has 2 unspecified atom stereocenters. The predicted molar refractivity (Wildman–Crippen MR) is 111 cm³/mol. The summed E-state index contributed by atoms with van der Waals surface area (Å²) < 4.78 is 10.8. The van der Waals surface area contributed by atoms with Crippen molar-refractivity contribution in [3.05, 3.63) is 64.9 Å². The topological polar surface area (TPSA) is 42.0 Å². The summed E-state index contributed by atoms with van der Waals surface area (Å²) in [6, 6.07) is 14.8. The van der Waals surface area contributed by atoms with Crippen molar-refractivity contribution in [3.63, 3.8) is 0 Å². The van der Waals surface area contributed by atoms with Gasteiger partial charge in [-0.2, -0.15) is 5.01 Å². The number of hydrogen-bond acceptors (Lipinski definition) is 4. The van der Waals surface area contributed by atoms with Crippen LogP contribution in [-0.2, 0) is 11.2 Å². The maximum Gasteiger partial charge on any atom is 0.243 e. The fourth-order valence-electron chi connectivity index (χ4n) is 5.27. The van der Waals surface area contributed by atoms with Crippen LogP contribution in [0.3, 0.4) is 0 Å². The van der Waals surface area contributed by atoms with Gasteiger partial charge in [-0.1, -0.05) is 30.3 Å². The van der Waals surface area contributed by atoms with Crippen LogP contribution in [-0.4, -0.2) is 35.7 Å². The molecule has 0 saturated carbocycles. The van der Waals surface area contributed by atoms with Crippen molar-refractivity contribution in [3.8, 4) is 11.5 Å². The van der Waals surface area contributed by atoms with Crippen molar-refractivity contribution in [2.24, 2.45) is 5.92 Å². The fourth-order valence-corrected chi connectivity index (χ4v) is 5.27. The second-order valence-corrected chi connectivity index (χ2v) is 8.68. The molecular formula is C24H26N2O3. The van der Waals surface area contributed by atoms with E-state index in [1.165, 1.54) is 11.1 Å². The molecule has 0 aromatic heterocycles. The second kappa shape index (κ2) is 6.36. The summed E-state index contributed by atoms with van der Waals surface area (Å²) in [5.41, 5.74) is 4.61. The molecule has 2 aromatic carbocycles. The summed E-state index contributed by atoms with van der Waals surface area (Å²) in [6.07, 6.45) is 3.63. The molecule has 0 N–H and O–H groups in total. The third-order valence-corrected chi connectivity index (χ3v) is 6.46. The highest BCUT2D eigenvalue weighted by molar-refractivity contribution is 5.83. The first-order chi connectivity index (χ1) is 13.9. The quantitative estimate of drug-likeness (QED) is 0.788. The molecule has 1 amide bonds. The summed E-state index contributed by atoms with van der Waals surface area (Å²) in [5.74, 6) is 1.83. The van der Waals surface area contributed by atoms with Crippen molar-refractivity contribution >= 4 is 12.0 Å².